The zero-order chi connectivity index (χ0) is 14.2. The molecule has 20 heavy (non-hydrogen) atoms. The quantitative estimate of drug-likeness (QED) is 0.906. The highest BCUT2D eigenvalue weighted by molar-refractivity contribution is 5.36. The van der Waals surface area contributed by atoms with Crippen molar-refractivity contribution in [3.63, 3.8) is 0 Å². The normalized spacial score (nSPS) is 26.6. The largest absolute Gasteiger partial charge is 0.329 e. The first kappa shape index (κ1) is 14.1. The smallest absolute Gasteiger partial charge is 0.0413 e. The minimum Gasteiger partial charge on any atom is -0.329 e. The first-order chi connectivity index (χ1) is 9.68. The van der Waals surface area contributed by atoms with Crippen molar-refractivity contribution >= 4 is 0 Å². The van der Waals surface area contributed by atoms with Crippen LogP contribution < -0.4 is 5.73 Å². The van der Waals surface area contributed by atoms with Gasteiger partial charge in [-0.1, -0.05) is 31.2 Å². The lowest BCUT2D eigenvalue weighted by Gasteiger charge is -2.48. The molecule has 3 rings (SSSR count). The van der Waals surface area contributed by atoms with E-state index in [9.17, 15) is 0 Å². The van der Waals surface area contributed by atoms with Crippen molar-refractivity contribution < 1.29 is 0 Å². The molecule has 1 aliphatic heterocycles. The molecule has 0 spiro atoms. The Bertz CT molecular complexity index is 446. The first-order valence-electron chi connectivity index (χ1n) is 7.94. The van der Waals surface area contributed by atoms with Gasteiger partial charge in [-0.05, 0) is 37.4 Å². The number of fused-ring (bicyclic) bond motifs is 1. The average molecular weight is 273 g/mol. The summed E-state index contributed by atoms with van der Waals surface area (Å²) in [6.45, 7) is 10.0. The Morgan fingerprint density at radius 2 is 1.85 bits per heavy atom. The summed E-state index contributed by atoms with van der Waals surface area (Å²) < 4.78 is 0. The lowest BCUT2D eigenvalue weighted by Crippen LogP contribution is -2.63. The molecule has 2 aliphatic rings. The fraction of sp³-hybridized carbons (Fsp3) is 0.647. The second kappa shape index (κ2) is 5.47. The second-order valence-corrected chi connectivity index (χ2v) is 6.47. The summed E-state index contributed by atoms with van der Waals surface area (Å²) in [6.07, 6.45) is 2.25. The predicted molar refractivity (Wildman–Crippen MR) is 83.9 cm³/mol. The molecule has 1 aliphatic carbocycles. The maximum absolute atomic E-state index is 6.24. The zero-order valence-corrected chi connectivity index (χ0v) is 12.8. The van der Waals surface area contributed by atoms with Gasteiger partial charge in [0.25, 0.3) is 0 Å². The molecule has 1 aromatic rings. The summed E-state index contributed by atoms with van der Waals surface area (Å²) in [7, 11) is 0. The summed E-state index contributed by atoms with van der Waals surface area (Å²) in [5.74, 6) is 0. The molecule has 1 aromatic carbocycles. The molecule has 110 valence electrons. The Kier molecular flexibility index (Phi) is 3.85. The summed E-state index contributed by atoms with van der Waals surface area (Å²) >= 11 is 0. The van der Waals surface area contributed by atoms with Crippen LogP contribution in [0, 0.1) is 0 Å². The van der Waals surface area contributed by atoms with Crippen LogP contribution in [0.15, 0.2) is 24.3 Å². The minimum atomic E-state index is 0.164. The topological polar surface area (TPSA) is 32.5 Å². The molecule has 0 aromatic heterocycles. The van der Waals surface area contributed by atoms with Gasteiger partial charge in [-0.2, -0.15) is 0 Å². The first-order valence-corrected chi connectivity index (χ1v) is 7.94. The number of hydrogen-bond acceptors (Lipinski definition) is 3. The van der Waals surface area contributed by atoms with Crippen LogP contribution in [0.1, 0.15) is 25.0 Å². The third-order valence-electron chi connectivity index (χ3n) is 5.38. The maximum atomic E-state index is 6.24. The lowest BCUT2D eigenvalue weighted by molar-refractivity contribution is 0.0145. The van der Waals surface area contributed by atoms with Crippen molar-refractivity contribution in [1.29, 1.82) is 0 Å². The number of hydrogen-bond donors (Lipinski definition) is 1. The average Bonchev–Trinajstić information content (AvgIpc) is 2.87. The van der Waals surface area contributed by atoms with E-state index in [-0.39, 0.29) is 5.54 Å². The fourth-order valence-electron chi connectivity index (χ4n) is 4.07. The van der Waals surface area contributed by atoms with E-state index in [1.165, 1.54) is 17.7 Å². The molecule has 0 amide bonds. The van der Waals surface area contributed by atoms with Gasteiger partial charge in [-0.25, -0.2) is 0 Å². The Balaban J connectivity index is 1.79. The summed E-state index contributed by atoms with van der Waals surface area (Å²) in [5.41, 5.74) is 9.41. The SMILES string of the molecule is CCN1CCN(C2(CN)Cc3ccccc3C2)CC1C. The third-order valence-corrected chi connectivity index (χ3v) is 5.38. The lowest BCUT2D eigenvalue weighted by atomic mass is 9.91. The van der Waals surface area contributed by atoms with Gasteiger partial charge in [0.05, 0.1) is 0 Å². The molecular weight excluding hydrogens is 246 g/mol. The number of piperazine rings is 1. The number of rotatable bonds is 3. The summed E-state index contributed by atoms with van der Waals surface area (Å²) in [5, 5.41) is 0. The number of benzene rings is 1. The molecule has 0 bridgehead atoms. The molecule has 1 fully saturated rings. The van der Waals surface area contributed by atoms with Crippen LogP contribution in [0.4, 0.5) is 0 Å². The van der Waals surface area contributed by atoms with E-state index < -0.39 is 0 Å². The van der Waals surface area contributed by atoms with Gasteiger partial charge in [0.1, 0.15) is 0 Å². The van der Waals surface area contributed by atoms with E-state index in [0.29, 0.717) is 6.04 Å². The van der Waals surface area contributed by atoms with Gasteiger partial charge >= 0.3 is 0 Å². The van der Waals surface area contributed by atoms with Crippen LogP contribution >= 0.6 is 0 Å². The van der Waals surface area contributed by atoms with Crippen LogP contribution in [0.25, 0.3) is 0 Å². The van der Waals surface area contributed by atoms with Gasteiger partial charge in [0.2, 0.25) is 0 Å². The molecule has 0 saturated carbocycles. The number of likely N-dealkylation sites (N-methyl/N-ethyl adjacent to an activating group) is 1. The van der Waals surface area contributed by atoms with E-state index in [2.05, 4.69) is 47.9 Å². The van der Waals surface area contributed by atoms with Gasteiger partial charge < -0.3 is 5.73 Å². The predicted octanol–water partition coefficient (Wildman–Crippen LogP) is 1.51. The second-order valence-electron chi connectivity index (χ2n) is 6.47. The van der Waals surface area contributed by atoms with Gasteiger partial charge in [-0.3, -0.25) is 9.80 Å². The Hall–Kier alpha value is -0.900. The molecular formula is C17H27N3. The molecule has 1 saturated heterocycles. The van der Waals surface area contributed by atoms with Crippen LogP contribution in [0.3, 0.4) is 0 Å². The maximum Gasteiger partial charge on any atom is 0.0413 e. The van der Waals surface area contributed by atoms with Crippen molar-refractivity contribution in [2.45, 2.75) is 38.3 Å². The monoisotopic (exact) mass is 273 g/mol. The van der Waals surface area contributed by atoms with E-state index in [1.54, 1.807) is 0 Å². The summed E-state index contributed by atoms with van der Waals surface area (Å²) in [4.78, 5) is 5.24. The standard InChI is InChI=1S/C17H27N3/c1-3-19-8-9-20(12-14(19)2)17(13-18)10-15-6-4-5-7-16(15)11-17/h4-7,14H,3,8-13,18H2,1-2H3. The fourth-order valence-corrected chi connectivity index (χ4v) is 4.07. The van der Waals surface area contributed by atoms with Crippen molar-refractivity contribution in [3.8, 4) is 0 Å². The summed E-state index contributed by atoms with van der Waals surface area (Å²) in [6, 6.07) is 9.50. The number of nitrogens with zero attached hydrogens (tertiary/aromatic N) is 2. The van der Waals surface area contributed by atoms with E-state index in [4.69, 9.17) is 5.73 Å². The van der Waals surface area contributed by atoms with Crippen LogP contribution in [-0.2, 0) is 12.8 Å². The number of nitrogens with two attached hydrogens (primary N) is 1. The molecule has 1 atom stereocenters. The zero-order valence-electron chi connectivity index (χ0n) is 12.8. The molecule has 3 nitrogen and oxygen atoms in total. The van der Waals surface area contributed by atoms with Crippen molar-refractivity contribution in [1.82, 2.24) is 9.80 Å². The van der Waals surface area contributed by atoms with Gasteiger partial charge in [-0.15, -0.1) is 0 Å². The van der Waals surface area contributed by atoms with Crippen molar-refractivity contribution in [2.75, 3.05) is 32.7 Å². The van der Waals surface area contributed by atoms with Crippen LogP contribution in [0.2, 0.25) is 0 Å². The van der Waals surface area contributed by atoms with E-state index >= 15 is 0 Å². The molecule has 1 unspecified atom stereocenters. The van der Waals surface area contributed by atoms with Gasteiger partial charge in [0, 0.05) is 37.8 Å². The molecule has 3 heteroatoms. The highest BCUT2D eigenvalue weighted by Crippen LogP contribution is 2.35. The van der Waals surface area contributed by atoms with Crippen LogP contribution in [-0.4, -0.2) is 54.1 Å². The minimum absolute atomic E-state index is 0.164. The van der Waals surface area contributed by atoms with Crippen molar-refractivity contribution in [2.24, 2.45) is 5.73 Å². The highest BCUT2D eigenvalue weighted by atomic mass is 15.3. The van der Waals surface area contributed by atoms with E-state index in [1.807, 2.05) is 0 Å². The Morgan fingerprint density at radius 1 is 1.20 bits per heavy atom. The van der Waals surface area contributed by atoms with Crippen LogP contribution in [0.5, 0.6) is 0 Å². The van der Waals surface area contributed by atoms with Gasteiger partial charge in [0.15, 0.2) is 0 Å². The Morgan fingerprint density at radius 3 is 2.35 bits per heavy atom. The molecule has 2 N–H and O–H groups in total. The van der Waals surface area contributed by atoms with E-state index in [0.717, 1.165) is 39.0 Å². The molecule has 1 heterocycles. The highest BCUT2D eigenvalue weighted by Gasteiger charge is 2.43. The third kappa shape index (κ3) is 2.28. The van der Waals surface area contributed by atoms with Crippen molar-refractivity contribution in [3.05, 3.63) is 35.4 Å². The Labute approximate surface area is 122 Å². The molecule has 0 radical (unpaired) electrons.